The van der Waals surface area contributed by atoms with Gasteiger partial charge in [0.25, 0.3) is 0 Å². The van der Waals surface area contributed by atoms with E-state index < -0.39 is 23.6 Å². The van der Waals surface area contributed by atoms with Crippen LogP contribution in [0.15, 0.2) is 96.8 Å². The van der Waals surface area contributed by atoms with Crippen molar-refractivity contribution in [1.82, 2.24) is 45.4 Å². The number of aromatic hydroxyl groups is 1. The number of benzene rings is 3. The first kappa shape index (κ1) is 49.1. The fourth-order valence-electron chi connectivity index (χ4n) is 11.6. The summed E-state index contributed by atoms with van der Waals surface area (Å²) in [6.07, 6.45) is 9.08. The molecule has 3 aromatic heterocycles. The van der Waals surface area contributed by atoms with Gasteiger partial charge < -0.3 is 31.5 Å². The number of nitrogen functional groups attached to an aromatic ring is 1. The highest BCUT2D eigenvalue weighted by atomic mass is 32.1. The molecule has 0 bridgehead atoms. The number of carbonyl (C=O) groups excluding carboxylic acids is 3. The molecule has 0 unspecified atom stereocenters. The molecule has 0 radical (unpaired) electrons. The van der Waals surface area contributed by atoms with Crippen LogP contribution in [0.5, 0.6) is 5.75 Å². The molecule has 2 saturated heterocycles. The van der Waals surface area contributed by atoms with Crippen molar-refractivity contribution in [3.05, 3.63) is 119 Å². The number of thiazole rings is 1. The van der Waals surface area contributed by atoms with Crippen LogP contribution in [-0.2, 0) is 34.0 Å². The van der Waals surface area contributed by atoms with E-state index in [4.69, 9.17) is 5.73 Å². The second-order valence-corrected chi connectivity index (χ2v) is 22.9. The minimum absolute atomic E-state index is 0.0428. The first-order valence-electron chi connectivity index (χ1n) is 25.4. The molecule has 10 rings (SSSR count). The average molecular weight is 991 g/mol. The van der Waals surface area contributed by atoms with Crippen LogP contribution in [0.2, 0.25) is 0 Å². The molecule has 15 nitrogen and oxygen atoms in total. The molecule has 1 spiro atoms. The first-order valence-corrected chi connectivity index (χ1v) is 26.3. The van der Waals surface area contributed by atoms with Gasteiger partial charge in [-0.2, -0.15) is 5.10 Å². The molecule has 3 atom stereocenters. The number of aromatic nitrogens is 5. The standard InChI is InChI=1S/C56H66N10O5S/c1-34-49(72-33-59-34)39-15-9-35(10-16-39)27-58-53(70)47-21-43(67)32-66(47)54(71)50(55(2,3)4)61-52(69)41-25-56(26-41)23-40(24-56)38-13-11-36(12-14-38)29-64-19-17-37(18-20-64)30-65-31-42(28-60-65)45-22-46(62-63-51(45)57)44-7-5-6-8-48(44)68/h5-16,22,28,31,33,37,40-41,43,47,50,67-68H,17-21,23-27,29-30,32H2,1-4H3,(H2,57,63)(H,58,70)(H,61,69)/t40-,41-,43-,47+,50-,56?/m1/s1. The van der Waals surface area contributed by atoms with Gasteiger partial charge in [-0.3, -0.25) is 24.0 Å². The number of phenolic OH excluding ortho intramolecular Hbond substituents is 1. The zero-order valence-electron chi connectivity index (χ0n) is 41.6. The van der Waals surface area contributed by atoms with E-state index in [9.17, 15) is 24.6 Å². The number of nitrogens with two attached hydrogens (primary N) is 1. The van der Waals surface area contributed by atoms with Gasteiger partial charge in [0.2, 0.25) is 17.7 Å². The average Bonchev–Trinajstić information content (AvgIpc) is 4.10. The zero-order valence-corrected chi connectivity index (χ0v) is 42.4. The maximum atomic E-state index is 14.3. The number of carbonyl (C=O) groups is 3. The highest BCUT2D eigenvalue weighted by Gasteiger charge is 2.55. The molecule has 4 fully saturated rings. The quantitative estimate of drug-likeness (QED) is 0.0715. The Labute approximate surface area is 425 Å². The second-order valence-electron chi connectivity index (χ2n) is 22.1. The summed E-state index contributed by atoms with van der Waals surface area (Å²) in [6, 6.07) is 24.4. The van der Waals surface area contributed by atoms with Gasteiger partial charge in [0.15, 0.2) is 5.82 Å². The fraction of sp³-hybridized carbons (Fsp3) is 0.446. The number of amides is 3. The molecule has 3 amide bonds. The monoisotopic (exact) mass is 990 g/mol. The Bertz CT molecular complexity index is 2910. The molecule has 4 aliphatic rings. The van der Waals surface area contributed by atoms with Crippen LogP contribution in [0.4, 0.5) is 5.82 Å². The number of nitrogens with one attached hydrogen (secondary N) is 2. The SMILES string of the molecule is Cc1ncsc1-c1ccc(CNC(=O)[C@@H]2C[C@@H](O)CN2C(=O)[C@@H](NC(=O)[C@H]2CC3(C2)C[C@H](c2ccc(CN4CCC(Cn5cc(-c6cc(-c7ccccc7O)nnc6N)cn5)CC4)cc2)C3)C(C)(C)C)cc1. The third-order valence-corrected chi connectivity index (χ3v) is 16.7. The van der Waals surface area contributed by atoms with Crippen molar-refractivity contribution >= 4 is 34.9 Å². The molecule has 376 valence electrons. The number of phenols is 1. The second kappa shape index (κ2) is 20.2. The highest BCUT2D eigenvalue weighted by Crippen LogP contribution is 2.64. The minimum atomic E-state index is -0.842. The Morgan fingerprint density at radius 3 is 2.32 bits per heavy atom. The van der Waals surface area contributed by atoms with E-state index in [1.165, 1.54) is 16.0 Å². The number of aliphatic hydroxyl groups excluding tert-OH is 1. The summed E-state index contributed by atoms with van der Waals surface area (Å²) in [5.74, 6) is 0.540. The molecule has 2 aliphatic carbocycles. The van der Waals surface area contributed by atoms with Crippen LogP contribution < -0.4 is 16.4 Å². The Morgan fingerprint density at radius 1 is 0.903 bits per heavy atom. The van der Waals surface area contributed by atoms with E-state index in [0.29, 0.717) is 35.5 Å². The van der Waals surface area contributed by atoms with E-state index in [2.05, 4.69) is 60.1 Å². The molecule has 6 aromatic rings. The lowest BCUT2D eigenvalue weighted by Crippen LogP contribution is -2.60. The van der Waals surface area contributed by atoms with Gasteiger partial charge in [0, 0.05) is 61.4 Å². The number of aryl methyl sites for hydroxylation is 1. The third kappa shape index (κ3) is 10.5. The number of aliphatic hydroxyl groups is 1. The van der Waals surface area contributed by atoms with Crippen molar-refractivity contribution in [2.75, 3.05) is 25.4 Å². The van der Waals surface area contributed by atoms with Crippen LogP contribution in [0, 0.1) is 29.6 Å². The summed E-state index contributed by atoms with van der Waals surface area (Å²) in [5.41, 5.74) is 16.0. The smallest absolute Gasteiger partial charge is 0.246 e. The minimum Gasteiger partial charge on any atom is -0.507 e. The van der Waals surface area contributed by atoms with E-state index in [1.807, 2.05) is 86.7 Å². The van der Waals surface area contributed by atoms with Gasteiger partial charge >= 0.3 is 0 Å². The number of likely N-dealkylation sites (tertiary alicyclic amines) is 2. The van der Waals surface area contributed by atoms with Crippen molar-refractivity contribution in [3.63, 3.8) is 0 Å². The summed E-state index contributed by atoms with van der Waals surface area (Å²) in [6.45, 7) is 11.9. The summed E-state index contributed by atoms with van der Waals surface area (Å²) in [5, 5.41) is 40.2. The summed E-state index contributed by atoms with van der Waals surface area (Å²) in [4.78, 5) is 51.1. The van der Waals surface area contributed by atoms with Crippen molar-refractivity contribution in [2.24, 2.45) is 22.7 Å². The van der Waals surface area contributed by atoms with Gasteiger partial charge in [0.05, 0.1) is 34.1 Å². The van der Waals surface area contributed by atoms with Crippen LogP contribution >= 0.6 is 11.3 Å². The molecule has 5 heterocycles. The Balaban J connectivity index is 0.659. The maximum absolute atomic E-state index is 14.3. The Kier molecular flexibility index (Phi) is 13.8. The summed E-state index contributed by atoms with van der Waals surface area (Å²) in [7, 11) is 0. The third-order valence-electron chi connectivity index (χ3n) is 15.7. The summed E-state index contributed by atoms with van der Waals surface area (Å²) < 4.78 is 2.00. The predicted octanol–water partition coefficient (Wildman–Crippen LogP) is 7.72. The fourth-order valence-corrected chi connectivity index (χ4v) is 12.4. The number of hydrogen-bond donors (Lipinski definition) is 5. The van der Waals surface area contributed by atoms with Crippen molar-refractivity contribution in [3.8, 4) is 38.6 Å². The first-order chi connectivity index (χ1) is 34.6. The lowest BCUT2D eigenvalue weighted by atomic mass is 9.47. The van der Waals surface area contributed by atoms with Crippen LogP contribution in [-0.4, -0.2) is 101 Å². The normalized spacial score (nSPS) is 22.8. The largest absolute Gasteiger partial charge is 0.507 e. The zero-order chi connectivity index (χ0) is 50.3. The highest BCUT2D eigenvalue weighted by molar-refractivity contribution is 7.13. The van der Waals surface area contributed by atoms with E-state index in [-0.39, 0.29) is 47.8 Å². The van der Waals surface area contributed by atoms with Gasteiger partial charge in [0.1, 0.15) is 17.8 Å². The van der Waals surface area contributed by atoms with Crippen LogP contribution in [0.1, 0.15) is 94.0 Å². The number of nitrogens with zero attached hydrogens (tertiary/aromatic N) is 7. The molecule has 6 N–H and O–H groups in total. The van der Waals surface area contributed by atoms with Gasteiger partial charge in [-0.05, 0) is 122 Å². The number of piperidine rings is 1. The van der Waals surface area contributed by atoms with Crippen molar-refractivity contribution < 1.29 is 24.6 Å². The predicted molar refractivity (Wildman–Crippen MR) is 278 cm³/mol. The number of hydrogen-bond acceptors (Lipinski definition) is 12. The number of rotatable bonds is 14. The summed E-state index contributed by atoms with van der Waals surface area (Å²) >= 11 is 1.59. The number of anilines is 1. The van der Waals surface area contributed by atoms with Crippen molar-refractivity contribution in [1.29, 1.82) is 0 Å². The Hall–Kier alpha value is -6.49. The molecular formula is C56H66N10O5S. The topological polar surface area (TPSA) is 205 Å². The van der Waals surface area contributed by atoms with E-state index in [1.54, 1.807) is 29.5 Å². The van der Waals surface area contributed by atoms with Gasteiger partial charge in [-0.15, -0.1) is 21.5 Å². The number of β-amino-alcohol motifs (C(OH)–C–C–N with tert-alkyl or cyclic N) is 1. The van der Waals surface area contributed by atoms with Crippen LogP contribution in [0.3, 0.4) is 0 Å². The lowest BCUT2D eigenvalue weighted by Gasteiger charge is -2.57. The van der Waals surface area contributed by atoms with Crippen molar-refractivity contribution in [2.45, 2.75) is 116 Å². The molecule has 16 heteroatoms. The Morgan fingerprint density at radius 2 is 1.62 bits per heavy atom. The van der Waals surface area contributed by atoms with E-state index >= 15 is 0 Å². The molecule has 72 heavy (non-hydrogen) atoms. The number of para-hydroxylation sites is 1. The van der Waals surface area contributed by atoms with Gasteiger partial charge in [-0.25, -0.2) is 4.98 Å². The molecule has 2 aliphatic heterocycles. The molecule has 3 aromatic carbocycles. The van der Waals surface area contributed by atoms with Crippen LogP contribution in [0.25, 0.3) is 32.8 Å². The lowest BCUT2D eigenvalue weighted by molar-refractivity contribution is -0.148. The van der Waals surface area contributed by atoms with Gasteiger partial charge in [-0.1, -0.05) is 81.4 Å². The van der Waals surface area contributed by atoms with E-state index in [0.717, 1.165) is 97.5 Å². The molecule has 2 saturated carbocycles. The maximum Gasteiger partial charge on any atom is 0.246 e. The molecular weight excluding hydrogens is 925 g/mol.